The van der Waals surface area contributed by atoms with Crippen molar-refractivity contribution in [2.24, 2.45) is 0 Å². The van der Waals surface area contributed by atoms with Crippen molar-refractivity contribution in [3.8, 4) is 34.5 Å². The summed E-state index contributed by atoms with van der Waals surface area (Å²) >= 11 is 0. The molecule has 0 spiro atoms. The van der Waals surface area contributed by atoms with Crippen LogP contribution in [0, 0.1) is 27.7 Å². The minimum Gasteiger partial charge on any atom is -0.505 e. The van der Waals surface area contributed by atoms with Crippen LogP contribution in [0.5, 0.6) is 34.5 Å². The van der Waals surface area contributed by atoms with Crippen molar-refractivity contribution in [3.63, 3.8) is 0 Å². The molecule has 0 bridgehead atoms. The Labute approximate surface area is 164 Å². The Morgan fingerprint density at radius 3 is 1.46 bits per heavy atom. The summed E-state index contributed by atoms with van der Waals surface area (Å²) in [7, 11) is 0. The zero-order chi connectivity index (χ0) is 20.6. The van der Waals surface area contributed by atoms with Gasteiger partial charge in [0.2, 0.25) is 0 Å². The van der Waals surface area contributed by atoms with E-state index in [9.17, 15) is 10.2 Å². The van der Waals surface area contributed by atoms with Crippen molar-refractivity contribution in [3.05, 3.63) is 58.7 Å². The van der Waals surface area contributed by atoms with E-state index < -0.39 is 0 Å². The van der Waals surface area contributed by atoms with Crippen LogP contribution < -0.4 is 20.9 Å². The van der Waals surface area contributed by atoms with Crippen molar-refractivity contribution < 1.29 is 19.7 Å². The van der Waals surface area contributed by atoms with Gasteiger partial charge in [0.15, 0.2) is 0 Å². The highest BCUT2D eigenvalue weighted by Gasteiger charge is 2.14. The molecule has 0 aliphatic heterocycles. The SMILES string of the molecule is Cc1cc(Oc2cccc(Oc3cc(C)c(O)c(N)c3C)c2)c(C)c(N)c1O. The van der Waals surface area contributed by atoms with Crippen LogP contribution in [-0.2, 0) is 0 Å². The van der Waals surface area contributed by atoms with Crippen molar-refractivity contribution in [1.29, 1.82) is 0 Å². The molecule has 28 heavy (non-hydrogen) atoms. The molecule has 0 aliphatic rings. The van der Waals surface area contributed by atoms with Gasteiger partial charge in [-0.25, -0.2) is 0 Å². The third-order valence-corrected chi connectivity index (χ3v) is 4.76. The fourth-order valence-corrected chi connectivity index (χ4v) is 2.86. The molecule has 0 fully saturated rings. The Kier molecular flexibility index (Phi) is 4.96. The van der Waals surface area contributed by atoms with E-state index in [0.717, 1.165) is 0 Å². The monoisotopic (exact) mass is 380 g/mol. The van der Waals surface area contributed by atoms with Crippen LogP contribution in [0.15, 0.2) is 36.4 Å². The van der Waals surface area contributed by atoms with Crippen LogP contribution in [-0.4, -0.2) is 10.2 Å². The number of hydrogen-bond donors (Lipinski definition) is 4. The summed E-state index contributed by atoms with van der Waals surface area (Å²) < 4.78 is 11.9. The highest BCUT2D eigenvalue weighted by atomic mass is 16.5. The van der Waals surface area contributed by atoms with Gasteiger partial charge in [-0.2, -0.15) is 0 Å². The van der Waals surface area contributed by atoms with Gasteiger partial charge in [-0.1, -0.05) is 6.07 Å². The third-order valence-electron chi connectivity index (χ3n) is 4.76. The van der Waals surface area contributed by atoms with Crippen molar-refractivity contribution >= 4 is 11.4 Å². The van der Waals surface area contributed by atoms with Gasteiger partial charge in [0, 0.05) is 17.2 Å². The van der Waals surface area contributed by atoms with Crippen molar-refractivity contribution in [2.75, 3.05) is 11.5 Å². The Hall–Kier alpha value is -3.54. The molecule has 0 unspecified atom stereocenters. The number of hydrogen-bond acceptors (Lipinski definition) is 6. The summed E-state index contributed by atoms with van der Waals surface area (Å²) in [6, 6.07) is 10.6. The Balaban J connectivity index is 1.91. The number of rotatable bonds is 4. The van der Waals surface area contributed by atoms with E-state index in [-0.39, 0.29) is 11.5 Å². The smallest absolute Gasteiger partial charge is 0.141 e. The first-order chi connectivity index (χ1) is 13.2. The molecule has 3 rings (SSSR count). The van der Waals surface area contributed by atoms with E-state index in [2.05, 4.69) is 0 Å². The van der Waals surface area contributed by atoms with Gasteiger partial charge >= 0.3 is 0 Å². The molecule has 6 heteroatoms. The molecule has 6 N–H and O–H groups in total. The fraction of sp³-hybridized carbons (Fsp3) is 0.182. The predicted octanol–water partition coefficient (Wildman–Crippen LogP) is 5.08. The highest BCUT2D eigenvalue weighted by Crippen LogP contribution is 2.39. The van der Waals surface area contributed by atoms with Gasteiger partial charge in [-0.3, -0.25) is 0 Å². The van der Waals surface area contributed by atoms with E-state index in [1.165, 1.54) is 0 Å². The zero-order valence-corrected chi connectivity index (χ0v) is 16.3. The van der Waals surface area contributed by atoms with Gasteiger partial charge in [0.1, 0.15) is 34.5 Å². The van der Waals surface area contributed by atoms with Crippen LogP contribution in [0.2, 0.25) is 0 Å². The molecule has 146 valence electrons. The van der Waals surface area contributed by atoms with Crippen LogP contribution >= 0.6 is 0 Å². The normalized spacial score (nSPS) is 10.7. The molecular formula is C22H24N2O4. The van der Waals surface area contributed by atoms with E-state index in [1.54, 1.807) is 58.0 Å². The second-order valence-corrected chi connectivity index (χ2v) is 6.84. The molecule has 6 nitrogen and oxygen atoms in total. The summed E-state index contributed by atoms with van der Waals surface area (Å²) in [5.41, 5.74) is 15.1. The lowest BCUT2D eigenvalue weighted by Crippen LogP contribution is -1.97. The molecule has 0 aromatic heterocycles. The lowest BCUT2D eigenvalue weighted by atomic mass is 10.1. The van der Waals surface area contributed by atoms with Gasteiger partial charge in [0.05, 0.1) is 11.4 Å². The van der Waals surface area contributed by atoms with Gasteiger partial charge < -0.3 is 31.2 Å². The molecule has 3 aromatic rings. The molecule has 0 saturated carbocycles. The fourth-order valence-electron chi connectivity index (χ4n) is 2.86. The molecule has 0 amide bonds. The first-order valence-corrected chi connectivity index (χ1v) is 8.82. The largest absolute Gasteiger partial charge is 0.505 e. The lowest BCUT2D eigenvalue weighted by molar-refractivity contribution is 0.448. The summed E-state index contributed by atoms with van der Waals surface area (Å²) in [5, 5.41) is 19.9. The molecular weight excluding hydrogens is 356 g/mol. The second kappa shape index (κ2) is 7.23. The average molecular weight is 380 g/mol. The van der Waals surface area contributed by atoms with Crippen LogP contribution in [0.4, 0.5) is 11.4 Å². The van der Waals surface area contributed by atoms with Gasteiger partial charge in [0.25, 0.3) is 0 Å². The summed E-state index contributed by atoms with van der Waals surface area (Å²) in [4.78, 5) is 0. The standard InChI is InChI=1S/C22H24N2O4/c1-11-8-17(13(3)19(23)21(11)25)27-15-6-5-7-16(10-15)28-18-9-12(2)22(26)20(24)14(18)4/h5-10,25-26H,23-24H2,1-4H3. The first-order valence-electron chi connectivity index (χ1n) is 8.82. The summed E-state index contributed by atoms with van der Waals surface area (Å²) in [6.45, 7) is 7.10. The molecule has 0 aliphatic carbocycles. The van der Waals surface area contributed by atoms with Gasteiger partial charge in [-0.15, -0.1) is 0 Å². The number of nitrogen functional groups attached to an aromatic ring is 2. The maximum absolute atomic E-state index is 9.95. The maximum Gasteiger partial charge on any atom is 0.141 e. The second-order valence-electron chi connectivity index (χ2n) is 6.84. The summed E-state index contributed by atoms with van der Waals surface area (Å²) in [6.07, 6.45) is 0. The number of benzene rings is 3. The van der Waals surface area contributed by atoms with E-state index >= 15 is 0 Å². The summed E-state index contributed by atoms with van der Waals surface area (Å²) in [5.74, 6) is 2.38. The van der Waals surface area contributed by atoms with Gasteiger partial charge in [-0.05, 0) is 63.1 Å². The van der Waals surface area contributed by atoms with Crippen molar-refractivity contribution in [2.45, 2.75) is 27.7 Å². The lowest BCUT2D eigenvalue weighted by Gasteiger charge is -2.16. The quantitative estimate of drug-likeness (QED) is 0.371. The van der Waals surface area contributed by atoms with Crippen LogP contribution in [0.3, 0.4) is 0 Å². The van der Waals surface area contributed by atoms with Crippen LogP contribution in [0.25, 0.3) is 0 Å². The van der Waals surface area contributed by atoms with E-state index in [1.807, 2.05) is 6.07 Å². The Morgan fingerprint density at radius 2 is 1.07 bits per heavy atom. The third kappa shape index (κ3) is 3.49. The highest BCUT2D eigenvalue weighted by molar-refractivity contribution is 5.67. The van der Waals surface area contributed by atoms with Crippen molar-refractivity contribution in [1.82, 2.24) is 0 Å². The number of aryl methyl sites for hydroxylation is 2. The molecule has 0 atom stereocenters. The predicted molar refractivity (Wildman–Crippen MR) is 111 cm³/mol. The number of anilines is 2. The topological polar surface area (TPSA) is 111 Å². The Bertz CT molecular complexity index is 980. The Morgan fingerprint density at radius 1 is 0.679 bits per heavy atom. The molecule has 0 heterocycles. The maximum atomic E-state index is 9.95. The number of aromatic hydroxyl groups is 2. The van der Waals surface area contributed by atoms with E-state index in [0.29, 0.717) is 56.6 Å². The number of phenols is 2. The number of nitrogens with two attached hydrogens (primary N) is 2. The minimum atomic E-state index is 0.0673. The number of ether oxygens (including phenoxy) is 2. The first kappa shape index (κ1) is 19.2. The number of phenolic OH excluding ortho intramolecular Hbond substituents is 2. The zero-order valence-electron chi connectivity index (χ0n) is 16.3. The molecule has 0 saturated heterocycles. The average Bonchev–Trinajstić information content (AvgIpc) is 2.67. The van der Waals surface area contributed by atoms with E-state index in [4.69, 9.17) is 20.9 Å². The van der Waals surface area contributed by atoms with Crippen LogP contribution in [0.1, 0.15) is 22.3 Å². The molecule has 0 radical (unpaired) electrons. The minimum absolute atomic E-state index is 0.0673. The molecule has 3 aromatic carbocycles.